The van der Waals surface area contributed by atoms with E-state index in [9.17, 15) is 5.26 Å². The first kappa shape index (κ1) is 14.1. The average Bonchev–Trinajstić information content (AvgIpc) is 2.94. The van der Waals surface area contributed by atoms with Gasteiger partial charge in [0, 0.05) is 16.5 Å². The Kier molecular flexibility index (Phi) is 3.67. The van der Waals surface area contributed by atoms with E-state index in [1.165, 1.54) is 11.8 Å². The van der Waals surface area contributed by atoms with Gasteiger partial charge in [0.1, 0.15) is 11.2 Å². The number of nitriles is 1. The van der Waals surface area contributed by atoms with Crippen LogP contribution in [0.3, 0.4) is 0 Å². The standard InChI is InChI=1S/C17H13ClN2S/c1-10(2)11-3-5-12(6-4-11)15-7-14-16(21-15)13(8-19)9-20-17(14)18/h3-7,9-10H,1-2H3. The van der Waals surface area contributed by atoms with E-state index in [1.54, 1.807) is 11.3 Å². The van der Waals surface area contributed by atoms with Gasteiger partial charge in [0.15, 0.2) is 0 Å². The quantitative estimate of drug-likeness (QED) is 0.576. The van der Waals surface area contributed by atoms with Crippen molar-refractivity contribution in [3.8, 4) is 16.5 Å². The van der Waals surface area contributed by atoms with E-state index in [0.29, 0.717) is 16.6 Å². The summed E-state index contributed by atoms with van der Waals surface area (Å²) in [5.41, 5.74) is 3.03. The fourth-order valence-corrected chi connectivity index (χ4v) is 3.63. The molecule has 0 aliphatic carbocycles. The van der Waals surface area contributed by atoms with Gasteiger partial charge < -0.3 is 0 Å². The molecule has 3 rings (SSSR count). The van der Waals surface area contributed by atoms with Crippen LogP contribution in [0.2, 0.25) is 5.15 Å². The largest absolute Gasteiger partial charge is 0.242 e. The van der Waals surface area contributed by atoms with Crippen molar-refractivity contribution >= 4 is 33.0 Å². The fourth-order valence-electron chi connectivity index (χ4n) is 2.25. The van der Waals surface area contributed by atoms with Crippen LogP contribution in [0.1, 0.15) is 30.9 Å². The Hall–Kier alpha value is -1.89. The van der Waals surface area contributed by atoms with Gasteiger partial charge in [0.2, 0.25) is 0 Å². The van der Waals surface area contributed by atoms with Crippen molar-refractivity contribution in [1.29, 1.82) is 5.26 Å². The Labute approximate surface area is 132 Å². The minimum absolute atomic E-state index is 0.449. The molecule has 0 radical (unpaired) electrons. The van der Waals surface area contributed by atoms with Crippen molar-refractivity contribution in [3.05, 3.63) is 52.8 Å². The van der Waals surface area contributed by atoms with Crippen LogP contribution in [-0.2, 0) is 0 Å². The summed E-state index contributed by atoms with van der Waals surface area (Å²) in [6, 6.07) is 12.7. The molecule has 2 heterocycles. The average molecular weight is 313 g/mol. The molecular formula is C17H13ClN2S. The van der Waals surface area contributed by atoms with Gasteiger partial charge in [-0.3, -0.25) is 0 Å². The number of benzene rings is 1. The molecule has 104 valence electrons. The lowest BCUT2D eigenvalue weighted by Gasteiger charge is -2.05. The number of pyridine rings is 1. The number of fused-ring (bicyclic) bond motifs is 1. The highest BCUT2D eigenvalue weighted by Gasteiger charge is 2.12. The second-order valence-corrected chi connectivity index (χ2v) is 6.61. The van der Waals surface area contributed by atoms with Gasteiger partial charge in [0.25, 0.3) is 0 Å². The minimum Gasteiger partial charge on any atom is -0.242 e. The lowest BCUT2D eigenvalue weighted by atomic mass is 10.0. The molecule has 0 saturated heterocycles. The molecule has 3 aromatic rings. The molecule has 2 nitrogen and oxygen atoms in total. The monoisotopic (exact) mass is 312 g/mol. The first-order valence-corrected chi connectivity index (χ1v) is 7.88. The number of rotatable bonds is 2. The Morgan fingerprint density at radius 1 is 1.24 bits per heavy atom. The smallest absolute Gasteiger partial charge is 0.137 e. The Bertz CT molecular complexity index is 842. The highest BCUT2D eigenvalue weighted by atomic mass is 35.5. The molecule has 0 atom stereocenters. The molecular weight excluding hydrogens is 300 g/mol. The highest BCUT2D eigenvalue weighted by molar-refractivity contribution is 7.22. The van der Waals surface area contributed by atoms with Gasteiger partial charge >= 0.3 is 0 Å². The normalized spacial score (nSPS) is 11.0. The second-order valence-electron chi connectivity index (χ2n) is 5.20. The van der Waals surface area contributed by atoms with Crippen LogP contribution < -0.4 is 0 Å². The molecule has 1 aromatic carbocycles. The van der Waals surface area contributed by atoms with Crippen molar-refractivity contribution < 1.29 is 0 Å². The zero-order valence-electron chi connectivity index (χ0n) is 11.7. The summed E-state index contributed by atoms with van der Waals surface area (Å²) in [5.74, 6) is 0.519. The van der Waals surface area contributed by atoms with Crippen molar-refractivity contribution in [2.24, 2.45) is 0 Å². The molecule has 0 aliphatic heterocycles. The first-order valence-electron chi connectivity index (χ1n) is 6.68. The van der Waals surface area contributed by atoms with Crippen LogP contribution in [0.15, 0.2) is 36.5 Å². The molecule has 0 fully saturated rings. The van der Waals surface area contributed by atoms with Gasteiger partial charge in [-0.15, -0.1) is 11.3 Å². The summed E-state index contributed by atoms with van der Waals surface area (Å²) in [7, 11) is 0. The number of aromatic nitrogens is 1. The lowest BCUT2D eigenvalue weighted by Crippen LogP contribution is -1.85. The van der Waals surface area contributed by atoms with Crippen molar-refractivity contribution in [3.63, 3.8) is 0 Å². The third-order valence-electron chi connectivity index (χ3n) is 3.49. The number of hydrogen-bond donors (Lipinski definition) is 0. The van der Waals surface area contributed by atoms with E-state index in [-0.39, 0.29) is 0 Å². The Balaban J connectivity index is 2.13. The van der Waals surface area contributed by atoms with E-state index in [2.05, 4.69) is 49.2 Å². The molecule has 0 saturated carbocycles. The molecule has 0 unspecified atom stereocenters. The number of halogens is 1. The number of thiophene rings is 1. The van der Waals surface area contributed by atoms with Crippen LogP contribution in [-0.4, -0.2) is 4.98 Å². The summed E-state index contributed by atoms with van der Waals surface area (Å²) in [6.45, 7) is 4.36. The SMILES string of the molecule is CC(C)c1ccc(-c2cc3c(Cl)ncc(C#N)c3s2)cc1. The van der Waals surface area contributed by atoms with Crippen LogP contribution in [0.25, 0.3) is 20.5 Å². The summed E-state index contributed by atoms with van der Waals surface area (Å²) in [6.07, 6.45) is 1.53. The van der Waals surface area contributed by atoms with Crippen molar-refractivity contribution in [1.82, 2.24) is 4.98 Å². The van der Waals surface area contributed by atoms with Crippen LogP contribution in [0.5, 0.6) is 0 Å². The molecule has 2 aromatic heterocycles. The van der Waals surface area contributed by atoms with E-state index >= 15 is 0 Å². The molecule has 0 spiro atoms. The zero-order valence-corrected chi connectivity index (χ0v) is 13.3. The highest BCUT2D eigenvalue weighted by Crippen LogP contribution is 2.38. The maximum atomic E-state index is 9.18. The molecule has 4 heteroatoms. The number of nitrogens with zero attached hydrogens (tertiary/aromatic N) is 2. The third-order valence-corrected chi connectivity index (χ3v) is 5.01. The number of hydrogen-bond acceptors (Lipinski definition) is 3. The Morgan fingerprint density at radius 3 is 2.57 bits per heavy atom. The van der Waals surface area contributed by atoms with Gasteiger partial charge in [-0.25, -0.2) is 4.98 Å². The predicted octanol–water partition coefficient (Wildman–Crippen LogP) is 5.61. The zero-order chi connectivity index (χ0) is 15.0. The Morgan fingerprint density at radius 2 is 1.95 bits per heavy atom. The topological polar surface area (TPSA) is 36.7 Å². The first-order chi connectivity index (χ1) is 10.1. The van der Waals surface area contributed by atoms with Gasteiger partial charge in [-0.2, -0.15) is 5.26 Å². The molecule has 0 bridgehead atoms. The van der Waals surface area contributed by atoms with E-state index in [0.717, 1.165) is 20.5 Å². The van der Waals surface area contributed by atoms with Crippen LogP contribution in [0.4, 0.5) is 0 Å². The fraction of sp³-hybridized carbons (Fsp3) is 0.176. The molecule has 0 N–H and O–H groups in total. The van der Waals surface area contributed by atoms with Crippen LogP contribution in [0, 0.1) is 11.3 Å². The van der Waals surface area contributed by atoms with E-state index in [4.69, 9.17) is 11.6 Å². The van der Waals surface area contributed by atoms with E-state index in [1.807, 2.05) is 6.07 Å². The van der Waals surface area contributed by atoms with Crippen LogP contribution >= 0.6 is 22.9 Å². The maximum absolute atomic E-state index is 9.18. The molecule has 0 amide bonds. The van der Waals surface area contributed by atoms with Gasteiger partial charge in [-0.05, 0) is 23.1 Å². The minimum atomic E-state index is 0.449. The van der Waals surface area contributed by atoms with Crippen molar-refractivity contribution in [2.75, 3.05) is 0 Å². The maximum Gasteiger partial charge on any atom is 0.137 e. The lowest BCUT2D eigenvalue weighted by molar-refractivity contribution is 0.867. The van der Waals surface area contributed by atoms with E-state index < -0.39 is 0 Å². The predicted molar refractivity (Wildman–Crippen MR) is 88.9 cm³/mol. The second kappa shape index (κ2) is 5.48. The molecule has 21 heavy (non-hydrogen) atoms. The third kappa shape index (κ3) is 2.53. The summed E-state index contributed by atoms with van der Waals surface area (Å²) >= 11 is 7.72. The summed E-state index contributed by atoms with van der Waals surface area (Å²) in [5, 5.41) is 10.5. The molecule has 0 aliphatic rings. The van der Waals surface area contributed by atoms with Crippen molar-refractivity contribution in [2.45, 2.75) is 19.8 Å². The summed E-state index contributed by atoms with van der Waals surface area (Å²) < 4.78 is 0.903. The summed E-state index contributed by atoms with van der Waals surface area (Å²) in [4.78, 5) is 5.18. The van der Waals surface area contributed by atoms with Gasteiger partial charge in [-0.1, -0.05) is 49.7 Å². The van der Waals surface area contributed by atoms with Gasteiger partial charge in [0.05, 0.1) is 10.3 Å².